The minimum Gasteiger partial charge on any atom is -0.351 e. The number of benzene rings is 2. The van der Waals surface area contributed by atoms with Crippen LogP contribution < -0.4 is 5.32 Å². The number of hydrogen-bond acceptors (Lipinski definition) is 2. The van der Waals surface area contributed by atoms with Gasteiger partial charge in [0.05, 0.1) is 16.4 Å². The lowest BCUT2D eigenvalue weighted by Gasteiger charge is -2.06. The Morgan fingerprint density at radius 3 is 2.48 bits per heavy atom. The normalized spacial score (nSPS) is 11.9. The predicted molar refractivity (Wildman–Crippen MR) is 76.4 cm³/mol. The molecule has 1 unspecified atom stereocenters. The summed E-state index contributed by atoms with van der Waals surface area (Å²) >= 11 is 0. The molecule has 0 aliphatic heterocycles. The van der Waals surface area contributed by atoms with Crippen molar-refractivity contribution >= 4 is 16.7 Å². The zero-order valence-corrected chi connectivity index (χ0v) is 11.8. The van der Waals surface area contributed by atoms with E-state index in [9.17, 15) is 17.8 Å². The Hall–Kier alpha value is -2.08. The highest BCUT2D eigenvalue weighted by molar-refractivity contribution is 7.85. The number of amides is 1. The number of hydrogen-bond donors (Lipinski definition) is 1. The van der Waals surface area contributed by atoms with Crippen LogP contribution in [0, 0.1) is 11.6 Å². The predicted octanol–water partition coefficient (Wildman–Crippen LogP) is 2.50. The molecule has 0 spiro atoms. The van der Waals surface area contributed by atoms with Gasteiger partial charge in [0.2, 0.25) is 0 Å². The van der Waals surface area contributed by atoms with Gasteiger partial charge in [-0.05, 0) is 24.3 Å². The smallest absolute Gasteiger partial charge is 0.254 e. The van der Waals surface area contributed by atoms with E-state index in [-0.39, 0.29) is 17.9 Å². The minimum atomic E-state index is -1.25. The zero-order valence-electron chi connectivity index (χ0n) is 11.0. The highest BCUT2D eigenvalue weighted by atomic mass is 32.2. The lowest BCUT2D eigenvalue weighted by molar-refractivity contribution is 0.0951. The van der Waals surface area contributed by atoms with Crippen molar-refractivity contribution in [2.24, 2.45) is 0 Å². The van der Waals surface area contributed by atoms with Gasteiger partial charge in [-0.15, -0.1) is 0 Å². The van der Waals surface area contributed by atoms with Crippen molar-refractivity contribution in [3.8, 4) is 0 Å². The number of rotatable bonds is 5. The molecule has 21 heavy (non-hydrogen) atoms. The second-order valence-corrected chi connectivity index (χ2v) is 5.79. The fraction of sp³-hybridized carbons (Fsp3) is 0.133. The van der Waals surface area contributed by atoms with Gasteiger partial charge in [0.15, 0.2) is 11.6 Å². The van der Waals surface area contributed by atoms with E-state index in [0.29, 0.717) is 4.90 Å². The number of nitrogens with one attached hydrogen (secondary N) is 1. The van der Waals surface area contributed by atoms with Crippen molar-refractivity contribution < 1.29 is 17.8 Å². The van der Waals surface area contributed by atoms with E-state index in [4.69, 9.17) is 0 Å². The molecule has 0 saturated heterocycles. The van der Waals surface area contributed by atoms with E-state index < -0.39 is 28.3 Å². The number of carbonyl (C=O) groups excluding carboxylic acids is 1. The molecule has 0 aliphatic carbocycles. The van der Waals surface area contributed by atoms with Crippen LogP contribution in [-0.2, 0) is 10.8 Å². The van der Waals surface area contributed by atoms with Crippen molar-refractivity contribution in [3.05, 3.63) is 65.7 Å². The van der Waals surface area contributed by atoms with Crippen LogP contribution in [0.15, 0.2) is 53.4 Å². The van der Waals surface area contributed by atoms with Crippen molar-refractivity contribution in [1.82, 2.24) is 5.32 Å². The van der Waals surface area contributed by atoms with E-state index in [1.807, 2.05) is 6.07 Å². The van der Waals surface area contributed by atoms with E-state index >= 15 is 0 Å². The van der Waals surface area contributed by atoms with Gasteiger partial charge in [0, 0.05) is 17.2 Å². The maximum atomic E-state index is 13.4. The van der Waals surface area contributed by atoms with Crippen molar-refractivity contribution in [1.29, 1.82) is 0 Å². The summed E-state index contributed by atoms with van der Waals surface area (Å²) < 4.78 is 38.3. The highest BCUT2D eigenvalue weighted by Crippen LogP contribution is 2.11. The van der Waals surface area contributed by atoms with Crippen LogP contribution >= 0.6 is 0 Å². The Morgan fingerprint density at radius 1 is 1.05 bits per heavy atom. The van der Waals surface area contributed by atoms with E-state index in [2.05, 4.69) is 5.32 Å². The number of carbonyl (C=O) groups is 1. The highest BCUT2D eigenvalue weighted by Gasteiger charge is 2.14. The van der Waals surface area contributed by atoms with Crippen LogP contribution in [0.25, 0.3) is 0 Å². The Bertz CT molecular complexity index is 662. The first-order chi connectivity index (χ1) is 10.1. The molecule has 0 heterocycles. The first-order valence-electron chi connectivity index (χ1n) is 6.25. The molecular formula is C15H13F2NO2S. The van der Waals surface area contributed by atoms with Gasteiger partial charge < -0.3 is 5.32 Å². The molecule has 1 N–H and O–H groups in total. The molecule has 0 bridgehead atoms. The second-order valence-electron chi connectivity index (χ2n) is 4.22. The van der Waals surface area contributed by atoms with Gasteiger partial charge in [0.25, 0.3) is 5.91 Å². The molecule has 0 fully saturated rings. The third-order valence-corrected chi connectivity index (χ3v) is 4.15. The quantitative estimate of drug-likeness (QED) is 0.922. The average Bonchev–Trinajstić information content (AvgIpc) is 2.50. The molecule has 0 aromatic heterocycles. The molecule has 2 aromatic rings. The van der Waals surface area contributed by atoms with Gasteiger partial charge in [-0.3, -0.25) is 9.00 Å². The van der Waals surface area contributed by atoms with Gasteiger partial charge in [-0.2, -0.15) is 0 Å². The lowest BCUT2D eigenvalue weighted by Crippen LogP contribution is -2.28. The third-order valence-electron chi connectivity index (χ3n) is 2.78. The Morgan fingerprint density at radius 2 is 1.76 bits per heavy atom. The monoisotopic (exact) mass is 309 g/mol. The molecule has 110 valence electrons. The Labute approximate surface area is 123 Å². The van der Waals surface area contributed by atoms with Gasteiger partial charge >= 0.3 is 0 Å². The standard InChI is InChI=1S/C15H13F2NO2S/c16-13-8-4-7-12(14(13)17)15(19)18-9-10-21(20)11-5-2-1-3-6-11/h1-8H,9-10H2,(H,18,19). The Kier molecular flexibility index (Phi) is 5.16. The minimum absolute atomic E-state index is 0.107. The lowest BCUT2D eigenvalue weighted by atomic mass is 10.2. The summed E-state index contributed by atoms with van der Waals surface area (Å²) in [6, 6.07) is 12.2. The summed E-state index contributed by atoms with van der Waals surface area (Å²) in [6.07, 6.45) is 0. The average molecular weight is 309 g/mol. The van der Waals surface area contributed by atoms with E-state index in [1.54, 1.807) is 24.3 Å². The van der Waals surface area contributed by atoms with Crippen LogP contribution in [0.2, 0.25) is 0 Å². The van der Waals surface area contributed by atoms with Crippen LogP contribution in [-0.4, -0.2) is 22.4 Å². The van der Waals surface area contributed by atoms with Crippen LogP contribution in [0.1, 0.15) is 10.4 Å². The summed E-state index contributed by atoms with van der Waals surface area (Å²) in [4.78, 5) is 12.4. The summed E-state index contributed by atoms with van der Waals surface area (Å²) in [7, 11) is -1.25. The van der Waals surface area contributed by atoms with Gasteiger partial charge in [-0.1, -0.05) is 24.3 Å². The molecule has 0 aliphatic rings. The second kappa shape index (κ2) is 7.08. The third kappa shape index (κ3) is 3.95. The fourth-order valence-electron chi connectivity index (χ4n) is 1.72. The SMILES string of the molecule is O=C(NCCS(=O)c1ccccc1)c1cccc(F)c1F. The molecule has 1 amide bonds. The molecular weight excluding hydrogens is 296 g/mol. The zero-order chi connectivity index (χ0) is 15.2. The summed E-state index contributed by atoms with van der Waals surface area (Å²) in [5.74, 6) is -2.78. The number of halogens is 2. The van der Waals surface area contributed by atoms with Gasteiger partial charge in [-0.25, -0.2) is 8.78 Å². The maximum absolute atomic E-state index is 13.4. The molecule has 1 atom stereocenters. The first-order valence-corrected chi connectivity index (χ1v) is 7.57. The molecule has 3 nitrogen and oxygen atoms in total. The molecule has 6 heteroatoms. The van der Waals surface area contributed by atoms with E-state index in [0.717, 1.165) is 6.07 Å². The van der Waals surface area contributed by atoms with Crippen LogP contribution in [0.4, 0.5) is 8.78 Å². The van der Waals surface area contributed by atoms with Crippen LogP contribution in [0.5, 0.6) is 0 Å². The van der Waals surface area contributed by atoms with Crippen molar-refractivity contribution in [3.63, 3.8) is 0 Å². The largest absolute Gasteiger partial charge is 0.351 e. The fourth-order valence-corrected chi connectivity index (χ4v) is 2.71. The topological polar surface area (TPSA) is 46.2 Å². The Balaban J connectivity index is 1.90. The van der Waals surface area contributed by atoms with E-state index in [1.165, 1.54) is 12.1 Å². The molecule has 2 rings (SSSR count). The summed E-state index contributed by atoms with van der Waals surface area (Å²) in [5, 5.41) is 2.43. The molecule has 0 saturated carbocycles. The molecule has 0 radical (unpaired) electrons. The first kappa shape index (κ1) is 15.3. The van der Waals surface area contributed by atoms with Gasteiger partial charge in [0.1, 0.15) is 0 Å². The van der Waals surface area contributed by atoms with Crippen molar-refractivity contribution in [2.75, 3.05) is 12.3 Å². The summed E-state index contributed by atoms with van der Waals surface area (Å²) in [5.41, 5.74) is -0.361. The summed E-state index contributed by atoms with van der Waals surface area (Å²) in [6.45, 7) is 0.107. The van der Waals surface area contributed by atoms with Crippen molar-refractivity contribution in [2.45, 2.75) is 4.90 Å². The maximum Gasteiger partial charge on any atom is 0.254 e. The molecule has 2 aromatic carbocycles. The van der Waals surface area contributed by atoms with Crippen LogP contribution in [0.3, 0.4) is 0 Å².